The molecule has 0 saturated heterocycles. The van der Waals surface area contributed by atoms with Gasteiger partial charge in [-0.3, -0.25) is 0 Å². The minimum absolute atomic E-state index is 0.00731. The van der Waals surface area contributed by atoms with E-state index in [0.717, 1.165) is 29.5 Å². The Balaban J connectivity index is 2.00. The van der Waals surface area contributed by atoms with Gasteiger partial charge in [0.25, 0.3) is 0 Å². The van der Waals surface area contributed by atoms with Crippen LogP contribution in [0.5, 0.6) is 0 Å². The molecule has 19 heavy (non-hydrogen) atoms. The molecule has 0 aliphatic heterocycles. The lowest BCUT2D eigenvalue weighted by molar-refractivity contribution is -0.137. The molecule has 0 amide bonds. The van der Waals surface area contributed by atoms with E-state index in [0.29, 0.717) is 10.7 Å². The SMILES string of the molecule is Nc1nc2c(s1)C(c1cccc(C(F)(F)F)c1)CC2. The van der Waals surface area contributed by atoms with Gasteiger partial charge in [0.1, 0.15) is 0 Å². The van der Waals surface area contributed by atoms with Gasteiger partial charge in [-0.2, -0.15) is 13.2 Å². The lowest BCUT2D eigenvalue weighted by atomic mass is 9.96. The van der Waals surface area contributed by atoms with Gasteiger partial charge in [0.05, 0.1) is 11.3 Å². The van der Waals surface area contributed by atoms with Gasteiger partial charge in [-0.05, 0) is 24.5 Å². The fourth-order valence-corrected chi connectivity index (χ4v) is 3.54. The molecule has 2 N–H and O–H groups in total. The Morgan fingerprint density at radius 3 is 2.84 bits per heavy atom. The molecule has 2 aromatic rings. The van der Waals surface area contributed by atoms with E-state index in [-0.39, 0.29) is 5.92 Å². The van der Waals surface area contributed by atoms with Crippen LogP contribution >= 0.6 is 11.3 Å². The number of aryl methyl sites for hydroxylation is 1. The van der Waals surface area contributed by atoms with Crippen molar-refractivity contribution in [2.45, 2.75) is 24.9 Å². The number of alkyl halides is 3. The van der Waals surface area contributed by atoms with E-state index in [1.54, 1.807) is 6.07 Å². The van der Waals surface area contributed by atoms with Crippen LogP contribution in [0, 0.1) is 0 Å². The van der Waals surface area contributed by atoms with Crippen molar-refractivity contribution in [1.82, 2.24) is 4.98 Å². The third kappa shape index (κ3) is 2.20. The number of thiazole rings is 1. The number of halogens is 3. The summed E-state index contributed by atoms with van der Waals surface area (Å²) < 4.78 is 38.2. The second-order valence-electron chi connectivity index (χ2n) is 4.58. The van der Waals surface area contributed by atoms with Crippen molar-refractivity contribution in [3.05, 3.63) is 46.0 Å². The molecule has 1 aliphatic rings. The first kappa shape index (κ1) is 12.5. The monoisotopic (exact) mass is 284 g/mol. The van der Waals surface area contributed by atoms with Gasteiger partial charge in [-0.15, -0.1) is 11.3 Å². The number of nitrogens with two attached hydrogens (primary N) is 1. The summed E-state index contributed by atoms with van der Waals surface area (Å²) in [6, 6.07) is 5.53. The maximum absolute atomic E-state index is 12.7. The molecule has 0 bridgehead atoms. The number of hydrogen-bond donors (Lipinski definition) is 1. The van der Waals surface area contributed by atoms with Gasteiger partial charge in [-0.1, -0.05) is 18.2 Å². The summed E-state index contributed by atoms with van der Waals surface area (Å²) in [5.74, 6) is -0.00731. The molecule has 0 spiro atoms. The van der Waals surface area contributed by atoms with Crippen LogP contribution in [0.3, 0.4) is 0 Å². The number of benzene rings is 1. The molecular formula is C13H11F3N2S. The first-order valence-corrected chi connectivity index (χ1v) is 6.69. The number of nitrogen functional groups attached to an aromatic ring is 1. The van der Waals surface area contributed by atoms with Crippen LogP contribution in [0.15, 0.2) is 24.3 Å². The zero-order chi connectivity index (χ0) is 13.6. The second kappa shape index (κ2) is 4.23. The topological polar surface area (TPSA) is 38.9 Å². The van der Waals surface area contributed by atoms with E-state index < -0.39 is 11.7 Å². The summed E-state index contributed by atoms with van der Waals surface area (Å²) >= 11 is 1.38. The van der Waals surface area contributed by atoms with Gasteiger partial charge in [0.15, 0.2) is 5.13 Å². The number of fused-ring (bicyclic) bond motifs is 1. The Hall–Kier alpha value is -1.56. The number of rotatable bonds is 1. The summed E-state index contributed by atoms with van der Waals surface area (Å²) in [7, 11) is 0. The highest BCUT2D eigenvalue weighted by molar-refractivity contribution is 7.15. The molecule has 1 aliphatic carbocycles. The molecule has 100 valence electrons. The summed E-state index contributed by atoms with van der Waals surface area (Å²) in [4.78, 5) is 5.22. The van der Waals surface area contributed by atoms with Gasteiger partial charge in [0, 0.05) is 10.8 Å². The molecule has 1 heterocycles. The minimum atomic E-state index is -4.30. The van der Waals surface area contributed by atoms with Crippen LogP contribution in [0.4, 0.5) is 18.3 Å². The van der Waals surface area contributed by atoms with Gasteiger partial charge < -0.3 is 5.73 Å². The smallest absolute Gasteiger partial charge is 0.375 e. The fourth-order valence-electron chi connectivity index (χ4n) is 2.50. The Bertz CT molecular complexity index is 619. The highest BCUT2D eigenvalue weighted by Gasteiger charge is 2.33. The quantitative estimate of drug-likeness (QED) is 0.864. The van der Waals surface area contributed by atoms with E-state index in [4.69, 9.17) is 5.73 Å². The molecule has 1 unspecified atom stereocenters. The lowest BCUT2D eigenvalue weighted by Gasteiger charge is -2.13. The van der Waals surface area contributed by atoms with Gasteiger partial charge in [0.2, 0.25) is 0 Å². The largest absolute Gasteiger partial charge is 0.416 e. The molecule has 2 nitrogen and oxygen atoms in total. The lowest BCUT2D eigenvalue weighted by Crippen LogP contribution is -2.06. The summed E-state index contributed by atoms with van der Waals surface area (Å²) in [5, 5.41) is 0.488. The van der Waals surface area contributed by atoms with Crippen molar-refractivity contribution in [2.75, 3.05) is 5.73 Å². The van der Waals surface area contributed by atoms with E-state index in [9.17, 15) is 13.2 Å². The van der Waals surface area contributed by atoms with E-state index in [1.807, 2.05) is 0 Å². The summed E-state index contributed by atoms with van der Waals surface area (Å²) in [5.41, 5.74) is 6.68. The highest BCUT2D eigenvalue weighted by atomic mass is 32.1. The summed E-state index contributed by atoms with van der Waals surface area (Å²) in [6.07, 6.45) is -2.72. The molecule has 1 atom stereocenters. The highest BCUT2D eigenvalue weighted by Crippen LogP contribution is 2.43. The molecular weight excluding hydrogens is 273 g/mol. The third-order valence-corrected chi connectivity index (χ3v) is 4.39. The molecule has 0 saturated carbocycles. The average Bonchev–Trinajstić information content (AvgIpc) is 2.86. The van der Waals surface area contributed by atoms with Crippen molar-refractivity contribution in [3.8, 4) is 0 Å². The predicted octanol–water partition coefficient (Wildman–Crippen LogP) is 3.82. The van der Waals surface area contributed by atoms with Crippen LogP contribution in [-0.2, 0) is 12.6 Å². The van der Waals surface area contributed by atoms with E-state index >= 15 is 0 Å². The van der Waals surface area contributed by atoms with Crippen LogP contribution in [-0.4, -0.2) is 4.98 Å². The Labute approximate surface area is 112 Å². The zero-order valence-corrected chi connectivity index (χ0v) is 10.7. The Kier molecular flexibility index (Phi) is 2.78. The van der Waals surface area contributed by atoms with Crippen LogP contribution in [0.1, 0.15) is 34.0 Å². The van der Waals surface area contributed by atoms with Crippen molar-refractivity contribution < 1.29 is 13.2 Å². The Morgan fingerprint density at radius 1 is 1.32 bits per heavy atom. The minimum Gasteiger partial charge on any atom is -0.375 e. The average molecular weight is 284 g/mol. The number of nitrogens with zero attached hydrogens (tertiary/aromatic N) is 1. The first-order chi connectivity index (χ1) is 8.95. The van der Waals surface area contributed by atoms with Crippen LogP contribution in [0.2, 0.25) is 0 Å². The van der Waals surface area contributed by atoms with Crippen molar-refractivity contribution in [3.63, 3.8) is 0 Å². The van der Waals surface area contributed by atoms with E-state index in [1.165, 1.54) is 23.5 Å². The van der Waals surface area contributed by atoms with Crippen LogP contribution in [0.25, 0.3) is 0 Å². The van der Waals surface area contributed by atoms with Crippen molar-refractivity contribution >= 4 is 16.5 Å². The maximum Gasteiger partial charge on any atom is 0.416 e. The predicted molar refractivity (Wildman–Crippen MR) is 68.1 cm³/mol. The zero-order valence-electron chi connectivity index (χ0n) is 9.87. The molecule has 0 radical (unpaired) electrons. The Morgan fingerprint density at radius 2 is 2.11 bits per heavy atom. The van der Waals surface area contributed by atoms with Crippen LogP contribution < -0.4 is 5.73 Å². The molecule has 6 heteroatoms. The van der Waals surface area contributed by atoms with Gasteiger partial charge in [-0.25, -0.2) is 4.98 Å². The number of aromatic nitrogens is 1. The first-order valence-electron chi connectivity index (χ1n) is 5.87. The number of anilines is 1. The van der Waals surface area contributed by atoms with E-state index in [2.05, 4.69) is 4.98 Å². The number of hydrogen-bond acceptors (Lipinski definition) is 3. The summed E-state index contributed by atoms with van der Waals surface area (Å²) in [6.45, 7) is 0. The van der Waals surface area contributed by atoms with Crippen molar-refractivity contribution in [1.29, 1.82) is 0 Å². The molecule has 3 rings (SSSR count). The molecule has 1 aromatic carbocycles. The standard InChI is InChI=1S/C13H11F3N2S/c14-13(15,16)8-3-1-2-7(6-8)9-4-5-10-11(9)19-12(17)18-10/h1-3,6,9H,4-5H2,(H2,17,18). The fraction of sp³-hybridized carbons (Fsp3) is 0.308. The normalized spacial score (nSPS) is 18.6. The molecule has 1 aromatic heterocycles. The molecule has 0 fully saturated rings. The second-order valence-corrected chi connectivity index (χ2v) is 5.64. The van der Waals surface area contributed by atoms with Gasteiger partial charge >= 0.3 is 6.18 Å². The third-order valence-electron chi connectivity index (χ3n) is 3.35. The van der Waals surface area contributed by atoms with Crippen molar-refractivity contribution in [2.24, 2.45) is 0 Å². The maximum atomic E-state index is 12.7.